The summed E-state index contributed by atoms with van der Waals surface area (Å²) in [5.41, 5.74) is 2.52. The number of nitrogens with zero attached hydrogens (tertiary/aromatic N) is 3. The Balaban J connectivity index is 2.71. The Bertz CT molecular complexity index is 485. The minimum Gasteiger partial charge on any atom is -0.281 e. The van der Waals surface area contributed by atoms with Gasteiger partial charge in [0.15, 0.2) is 5.65 Å². The highest BCUT2D eigenvalue weighted by Crippen LogP contribution is 2.17. The van der Waals surface area contributed by atoms with Gasteiger partial charge in [0, 0.05) is 6.20 Å². The Labute approximate surface area is 66.8 Å². The topological polar surface area (TPSA) is 70.2 Å². The molecule has 12 heavy (non-hydrogen) atoms. The zero-order valence-corrected chi connectivity index (χ0v) is 6.07. The van der Waals surface area contributed by atoms with Crippen LogP contribution in [0.25, 0.3) is 22.1 Å². The summed E-state index contributed by atoms with van der Waals surface area (Å²) >= 11 is 0. The zero-order chi connectivity index (χ0) is 7.97. The van der Waals surface area contributed by atoms with E-state index in [-0.39, 0.29) is 0 Å². The summed E-state index contributed by atoms with van der Waals surface area (Å²) in [6.07, 6.45) is 3.44. The van der Waals surface area contributed by atoms with Crippen molar-refractivity contribution in [3.05, 3.63) is 18.5 Å². The van der Waals surface area contributed by atoms with Gasteiger partial charge in [-0.3, -0.25) is 5.10 Å². The number of fused-ring (bicyclic) bond motifs is 3. The van der Waals surface area contributed by atoms with Crippen LogP contribution in [-0.4, -0.2) is 25.4 Å². The smallest absolute Gasteiger partial charge is 0.161 e. The SMILES string of the molecule is c1cc2c(n1)ncc1[nH][nH]nc12. The van der Waals surface area contributed by atoms with Gasteiger partial charge in [-0.25, -0.2) is 15.2 Å². The normalized spacial score (nSPS) is 11.3. The van der Waals surface area contributed by atoms with Crippen molar-refractivity contribution in [2.24, 2.45) is 0 Å². The molecule has 3 aromatic rings. The third-order valence-corrected chi connectivity index (χ3v) is 1.86. The van der Waals surface area contributed by atoms with Crippen molar-refractivity contribution in [1.29, 1.82) is 0 Å². The summed E-state index contributed by atoms with van der Waals surface area (Å²) in [4.78, 5) is 8.21. The van der Waals surface area contributed by atoms with E-state index < -0.39 is 0 Å². The van der Waals surface area contributed by atoms with Crippen LogP contribution in [0.5, 0.6) is 0 Å². The third kappa shape index (κ3) is 0.554. The average molecular weight is 159 g/mol. The number of rotatable bonds is 0. The van der Waals surface area contributed by atoms with Crippen LogP contribution in [0.1, 0.15) is 0 Å². The minimum absolute atomic E-state index is 0.739. The standard InChI is InChI=1S/C7H5N5/c1-2-8-7-4(1)6-5(3-9-7)10-12-11-6/h1-3,10,12H. The predicted molar refractivity (Wildman–Crippen MR) is 43.5 cm³/mol. The van der Waals surface area contributed by atoms with Crippen LogP contribution < -0.4 is 0 Å². The van der Waals surface area contributed by atoms with Crippen LogP contribution in [0.4, 0.5) is 0 Å². The molecule has 3 heterocycles. The van der Waals surface area contributed by atoms with E-state index >= 15 is 0 Å². The van der Waals surface area contributed by atoms with Gasteiger partial charge in [0.05, 0.1) is 11.6 Å². The van der Waals surface area contributed by atoms with Gasteiger partial charge in [-0.1, -0.05) is 0 Å². The maximum absolute atomic E-state index is 4.14. The number of aromatic nitrogens is 5. The summed E-state index contributed by atoms with van der Waals surface area (Å²) in [5.74, 6) is 0. The number of pyridine rings is 1. The summed E-state index contributed by atoms with van der Waals surface area (Å²) in [7, 11) is 0. The van der Waals surface area contributed by atoms with Crippen molar-refractivity contribution in [2.75, 3.05) is 0 Å². The van der Waals surface area contributed by atoms with E-state index in [1.165, 1.54) is 0 Å². The lowest BCUT2D eigenvalue weighted by Crippen LogP contribution is -1.77. The molecule has 0 saturated carbocycles. The highest BCUT2D eigenvalue weighted by Gasteiger charge is 2.04. The number of hydrogen-bond donors (Lipinski definition) is 2. The van der Waals surface area contributed by atoms with Crippen molar-refractivity contribution >= 4 is 22.1 Å². The molecule has 0 atom stereocenters. The van der Waals surface area contributed by atoms with E-state index in [4.69, 9.17) is 0 Å². The molecule has 58 valence electrons. The molecular formula is C7H5N5. The first kappa shape index (κ1) is 5.70. The molecule has 0 amide bonds. The molecule has 0 unspecified atom stereocenters. The van der Waals surface area contributed by atoms with Crippen molar-refractivity contribution in [1.82, 2.24) is 25.4 Å². The molecule has 0 aliphatic carbocycles. The molecule has 0 spiro atoms. The van der Waals surface area contributed by atoms with Crippen molar-refractivity contribution in [3.8, 4) is 0 Å². The summed E-state index contributed by atoms with van der Waals surface area (Å²) in [6, 6.07) is 1.90. The number of H-pyrrole nitrogens is 2. The van der Waals surface area contributed by atoms with Gasteiger partial charge >= 0.3 is 0 Å². The van der Waals surface area contributed by atoms with Gasteiger partial charge in [0.2, 0.25) is 0 Å². The third-order valence-electron chi connectivity index (χ3n) is 1.86. The fourth-order valence-corrected chi connectivity index (χ4v) is 1.30. The van der Waals surface area contributed by atoms with Gasteiger partial charge < -0.3 is 0 Å². The number of hydrogen-bond acceptors (Lipinski definition) is 3. The molecule has 3 aromatic heterocycles. The second-order valence-electron chi connectivity index (χ2n) is 2.55. The first-order valence-electron chi connectivity index (χ1n) is 3.57. The van der Waals surface area contributed by atoms with E-state index in [1.807, 2.05) is 6.07 Å². The molecule has 0 aliphatic heterocycles. The maximum atomic E-state index is 4.14. The van der Waals surface area contributed by atoms with E-state index in [0.29, 0.717) is 0 Å². The lowest BCUT2D eigenvalue weighted by atomic mass is 10.3. The van der Waals surface area contributed by atoms with Gasteiger partial charge in [0.25, 0.3) is 0 Å². The second-order valence-corrected chi connectivity index (χ2v) is 2.55. The predicted octanol–water partition coefficient (Wildman–Crippen LogP) is 0.834. The molecule has 0 bridgehead atoms. The van der Waals surface area contributed by atoms with Crippen molar-refractivity contribution in [3.63, 3.8) is 0 Å². The Kier molecular flexibility index (Phi) is 0.864. The van der Waals surface area contributed by atoms with E-state index in [2.05, 4.69) is 25.4 Å². The van der Waals surface area contributed by atoms with Gasteiger partial charge in [-0.2, -0.15) is 5.10 Å². The van der Waals surface area contributed by atoms with Crippen LogP contribution in [-0.2, 0) is 0 Å². The summed E-state index contributed by atoms with van der Waals surface area (Å²) < 4.78 is 0. The number of nitrogens with one attached hydrogen (secondary N) is 2. The summed E-state index contributed by atoms with van der Waals surface area (Å²) in [6.45, 7) is 0. The largest absolute Gasteiger partial charge is 0.281 e. The Morgan fingerprint density at radius 3 is 3.25 bits per heavy atom. The minimum atomic E-state index is 0.739. The quantitative estimate of drug-likeness (QED) is 0.510. The van der Waals surface area contributed by atoms with E-state index in [9.17, 15) is 0 Å². The van der Waals surface area contributed by atoms with E-state index in [1.54, 1.807) is 12.4 Å². The van der Waals surface area contributed by atoms with Crippen LogP contribution in [0.3, 0.4) is 0 Å². The van der Waals surface area contributed by atoms with Crippen molar-refractivity contribution in [2.45, 2.75) is 0 Å². The lowest BCUT2D eigenvalue weighted by molar-refractivity contribution is 0.960. The fraction of sp³-hybridized carbons (Fsp3) is 0. The molecule has 2 N–H and O–H groups in total. The monoisotopic (exact) mass is 159 g/mol. The molecule has 0 aromatic carbocycles. The zero-order valence-electron chi connectivity index (χ0n) is 6.07. The van der Waals surface area contributed by atoms with E-state index in [0.717, 1.165) is 22.1 Å². The van der Waals surface area contributed by atoms with Gasteiger partial charge in [-0.05, 0) is 6.07 Å². The molecular weight excluding hydrogens is 154 g/mol. The Morgan fingerprint density at radius 2 is 2.25 bits per heavy atom. The van der Waals surface area contributed by atoms with Crippen LogP contribution in [0, 0.1) is 0 Å². The first-order chi connectivity index (χ1) is 5.95. The molecule has 5 nitrogen and oxygen atoms in total. The van der Waals surface area contributed by atoms with Gasteiger partial charge in [-0.15, -0.1) is 0 Å². The molecule has 5 heteroatoms. The van der Waals surface area contributed by atoms with Crippen LogP contribution >= 0.6 is 0 Å². The number of aromatic amines is 2. The van der Waals surface area contributed by atoms with Crippen LogP contribution in [0.15, 0.2) is 18.5 Å². The molecule has 0 fully saturated rings. The Morgan fingerprint density at radius 1 is 1.25 bits per heavy atom. The summed E-state index contributed by atoms with van der Waals surface area (Å²) in [5, 5.41) is 10.6. The molecule has 0 radical (unpaired) electrons. The average Bonchev–Trinajstić information content (AvgIpc) is 2.71. The first-order valence-corrected chi connectivity index (χ1v) is 3.57. The highest BCUT2D eigenvalue weighted by molar-refractivity contribution is 5.99. The molecule has 3 rings (SSSR count). The van der Waals surface area contributed by atoms with Crippen molar-refractivity contribution < 1.29 is 0 Å². The molecule has 0 saturated heterocycles. The van der Waals surface area contributed by atoms with Gasteiger partial charge in [0.1, 0.15) is 11.0 Å². The Hall–Kier alpha value is -1.91. The maximum Gasteiger partial charge on any atom is 0.161 e. The fourth-order valence-electron chi connectivity index (χ4n) is 1.30. The second kappa shape index (κ2) is 1.82. The lowest BCUT2D eigenvalue weighted by Gasteiger charge is -1.86. The highest BCUT2D eigenvalue weighted by atomic mass is 15.3. The molecule has 0 aliphatic rings. The van der Waals surface area contributed by atoms with Crippen LogP contribution in [0.2, 0.25) is 0 Å².